The lowest BCUT2D eigenvalue weighted by molar-refractivity contribution is 0.781. The number of nitrogens with zero attached hydrogens (tertiary/aromatic N) is 7. The Kier molecular flexibility index (Phi) is 3.09. The molecule has 8 nitrogen and oxygen atoms in total. The molecule has 0 aliphatic rings. The van der Waals surface area contributed by atoms with Crippen molar-refractivity contribution in [3.05, 3.63) is 6.33 Å². The molecule has 0 unspecified atom stereocenters. The van der Waals surface area contributed by atoms with Crippen LogP contribution in [0.1, 0.15) is 0 Å². The quantitative estimate of drug-likeness (QED) is 0.801. The second-order valence-electron chi connectivity index (χ2n) is 3.50. The van der Waals surface area contributed by atoms with Crippen LogP contribution in [-0.4, -0.2) is 43.8 Å². The molecule has 0 aliphatic heterocycles. The van der Waals surface area contributed by atoms with Gasteiger partial charge in [-0.25, -0.2) is 0 Å². The number of hydrogen-bond acceptors (Lipinski definition) is 8. The second kappa shape index (κ2) is 4.53. The first-order chi connectivity index (χ1) is 8.06. The number of aromatic nitrogens is 6. The van der Waals surface area contributed by atoms with E-state index >= 15 is 0 Å². The number of aryl methyl sites for hydroxylation is 1. The Hall–Kier alpha value is -1.90. The molecule has 0 radical (unpaired) electrons. The average Bonchev–Trinajstić information content (AvgIpc) is 2.63. The summed E-state index contributed by atoms with van der Waals surface area (Å²) in [6.45, 7) is 0. The minimum Gasteiger partial charge on any atom is -0.368 e. The minimum absolute atomic E-state index is 0.188. The van der Waals surface area contributed by atoms with E-state index in [0.717, 1.165) is 0 Å². The number of nitrogen functional groups attached to an aromatic ring is 1. The molecular weight excluding hydrogens is 240 g/mol. The van der Waals surface area contributed by atoms with Crippen LogP contribution in [-0.2, 0) is 7.05 Å². The van der Waals surface area contributed by atoms with Gasteiger partial charge in [-0.1, -0.05) is 0 Å². The summed E-state index contributed by atoms with van der Waals surface area (Å²) in [7, 11) is 5.52. The molecule has 0 aromatic carbocycles. The molecule has 0 saturated carbocycles. The maximum atomic E-state index is 5.62. The highest BCUT2D eigenvalue weighted by molar-refractivity contribution is 7.99. The molecule has 90 valence electrons. The van der Waals surface area contributed by atoms with E-state index in [1.807, 2.05) is 21.1 Å². The van der Waals surface area contributed by atoms with Crippen molar-refractivity contribution in [2.45, 2.75) is 10.3 Å². The van der Waals surface area contributed by atoms with E-state index in [0.29, 0.717) is 16.3 Å². The normalized spacial score (nSPS) is 10.5. The van der Waals surface area contributed by atoms with E-state index in [4.69, 9.17) is 5.73 Å². The van der Waals surface area contributed by atoms with Gasteiger partial charge in [-0.3, -0.25) is 0 Å². The fourth-order valence-electron chi connectivity index (χ4n) is 1.05. The molecule has 0 atom stereocenters. The molecule has 2 aromatic heterocycles. The van der Waals surface area contributed by atoms with E-state index in [9.17, 15) is 0 Å². The summed E-state index contributed by atoms with van der Waals surface area (Å²) < 4.78 is 1.78. The third-order valence-electron chi connectivity index (χ3n) is 1.87. The number of anilines is 2. The molecule has 2 aromatic rings. The Bertz CT molecular complexity index is 522. The Morgan fingerprint density at radius 1 is 1.29 bits per heavy atom. The molecule has 0 spiro atoms. The van der Waals surface area contributed by atoms with Crippen LogP contribution in [0.2, 0.25) is 0 Å². The minimum atomic E-state index is 0.188. The highest BCUT2D eigenvalue weighted by atomic mass is 32.2. The van der Waals surface area contributed by atoms with Crippen LogP contribution in [0.3, 0.4) is 0 Å². The lowest BCUT2D eigenvalue weighted by atomic mass is 10.8. The first-order valence-electron chi connectivity index (χ1n) is 4.77. The van der Waals surface area contributed by atoms with Crippen LogP contribution in [0.25, 0.3) is 0 Å². The summed E-state index contributed by atoms with van der Waals surface area (Å²) in [5, 5.41) is 8.91. The van der Waals surface area contributed by atoms with E-state index in [1.54, 1.807) is 15.8 Å². The molecule has 0 bridgehead atoms. The molecule has 17 heavy (non-hydrogen) atoms. The largest absolute Gasteiger partial charge is 0.368 e. The zero-order valence-corrected chi connectivity index (χ0v) is 10.5. The van der Waals surface area contributed by atoms with E-state index in [2.05, 4.69) is 25.1 Å². The van der Waals surface area contributed by atoms with Crippen LogP contribution in [0.4, 0.5) is 11.9 Å². The Labute approximate surface area is 102 Å². The third kappa shape index (κ3) is 2.61. The smallest absolute Gasteiger partial charge is 0.230 e. The Morgan fingerprint density at radius 2 is 2.06 bits per heavy atom. The van der Waals surface area contributed by atoms with Crippen LogP contribution in [0, 0.1) is 0 Å². The third-order valence-corrected chi connectivity index (χ3v) is 2.79. The van der Waals surface area contributed by atoms with Gasteiger partial charge in [0.25, 0.3) is 0 Å². The summed E-state index contributed by atoms with van der Waals surface area (Å²) in [5.41, 5.74) is 5.62. The molecule has 9 heteroatoms. The number of nitrogens with two attached hydrogens (primary N) is 1. The zero-order valence-electron chi connectivity index (χ0n) is 9.69. The van der Waals surface area contributed by atoms with Crippen molar-refractivity contribution >= 4 is 23.7 Å². The topological polar surface area (TPSA) is 98.6 Å². The number of hydrogen-bond donors (Lipinski definition) is 1. The Morgan fingerprint density at radius 3 is 2.65 bits per heavy atom. The summed E-state index contributed by atoms with van der Waals surface area (Å²) in [5.74, 6) is 0.704. The van der Waals surface area contributed by atoms with E-state index in [1.165, 1.54) is 11.8 Å². The molecule has 0 saturated heterocycles. The fraction of sp³-hybridized carbons (Fsp3) is 0.375. The van der Waals surface area contributed by atoms with Gasteiger partial charge < -0.3 is 15.2 Å². The van der Waals surface area contributed by atoms with Crippen LogP contribution in [0.15, 0.2) is 16.6 Å². The SMILES string of the molecule is CN(C)c1nc(N)nc(Sc2nncn2C)n1. The monoisotopic (exact) mass is 252 g/mol. The molecular formula is C8H12N8S. The van der Waals surface area contributed by atoms with Gasteiger partial charge in [0.1, 0.15) is 6.33 Å². The zero-order chi connectivity index (χ0) is 12.4. The molecule has 2 heterocycles. The lowest BCUT2D eigenvalue weighted by Gasteiger charge is -2.10. The van der Waals surface area contributed by atoms with Crippen molar-refractivity contribution in [3.63, 3.8) is 0 Å². The van der Waals surface area contributed by atoms with Gasteiger partial charge in [-0.15, -0.1) is 10.2 Å². The average molecular weight is 252 g/mol. The maximum absolute atomic E-state index is 5.62. The predicted molar refractivity (Wildman–Crippen MR) is 63.7 cm³/mol. The second-order valence-corrected chi connectivity index (χ2v) is 4.43. The van der Waals surface area contributed by atoms with Crippen molar-refractivity contribution in [2.75, 3.05) is 24.7 Å². The van der Waals surface area contributed by atoms with Crippen molar-refractivity contribution in [1.82, 2.24) is 29.7 Å². The Balaban J connectivity index is 2.30. The van der Waals surface area contributed by atoms with Crippen molar-refractivity contribution in [2.24, 2.45) is 7.05 Å². The van der Waals surface area contributed by atoms with Crippen molar-refractivity contribution < 1.29 is 0 Å². The first-order valence-corrected chi connectivity index (χ1v) is 5.58. The maximum Gasteiger partial charge on any atom is 0.230 e. The highest BCUT2D eigenvalue weighted by Crippen LogP contribution is 2.23. The molecule has 0 aliphatic carbocycles. The first kappa shape index (κ1) is 11.6. The summed E-state index contributed by atoms with van der Waals surface area (Å²) >= 11 is 1.29. The van der Waals surface area contributed by atoms with Gasteiger partial charge in [-0.05, 0) is 11.8 Å². The summed E-state index contributed by atoms with van der Waals surface area (Å²) in [6, 6.07) is 0. The predicted octanol–water partition coefficient (Wildman–Crippen LogP) is -0.201. The fourth-order valence-corrected chi connectivity index (χ4v) is 1.76. The van der Waals surface area contributed by atoms with Crippen molar-refractivity contribution in [1.29, 1.82) is 0 Å². The lowest BCUT2D eigenvalue weighted by Crippen LogP contribution is -2.15. The van der Waals surface area contributed by atoms with Crippen LogP contribution < -0.4 is 10.6 Å². The number of rotatable bonds is 3. The van der Waals surface area contributed by atoms with Crippen LogP contribution in [0.5, 0.6) is 0 Å². The van der Waals surface area contributed by atoms with Gasteiger partial charge in [-0.2, -0.15) is 15.0 Å². The van der Waals surface area contributed by atoms with Gasteiger partial charge in [0.15, 0.2) is 5.16 Å². The molecule has 2 rings (SSSR count). The van der Waals surface area contributed by atoms with E-state index < -0.39 is 0 Å². The van der Waals surface area contributed by atoms with E-state index in [-0.39, 0.29) is 5.95 Å². The van der Waals surface area contributed by atoms with Crippen LogP contribution >= 0.6 is 11.8 Å². The van der Waals surface area contributed by atoms with Gasteiger partial charge in [0, 0.05) is 21.1 Å². The molecule has 2 N–H and O–H groups in total. The highest BCUT2D eigenvalue weighted by Gasteiger charge is 2.10. The molecule has 0 fully saturated rings. The summed E-state index contributed by atoms with van der Waals surface area (Å²) in [6.07, 6.45) is 1.61. The standard InChI is InChI=1S/C8H12N8S/c1-15(2)6-11-5(9)12-7(13-6)17-8-14-10-4-16(8)3/h4H,1-3H3,(H2,9,11,12,13). The van der Waals surface area contributed by atoms with Gasteiger partial charge in [0.05, 0.1) is 0 Å². The van der Waals surface area contributed by atoms with Gasteiger partial charge in [0.2, 0.25) is 17.1 Å². The van der Waals surface area contributed by atoms with Crippen molar-refractivity contribution in [3.8, 4) is 0 Å². The summed E-state index contributed by atoms with van der Waals surface area (Å²) in [4.78, 5) is 14.1. The van der Waals surface area contributed by atoms with Gasteiger partial charge >= 0.3 is 0 Å². The molecule has 0 amide bonds.